The number of halogens is 2. The minimum absolute atomic E-state index is 0.239. The third-order valence-electron chi connectivity index (χ3n) is 1.89. The molecule has 1 rings (SSSR count). The van der Waals surface area contributed by atoms with Crippen molar-refractivity contribution in [1.29, 1.82) is 0 Å². The minimum Gasteiger partial charge on any atom is -0.383 e. The lowest BCUT2D eigenvalue weighted by Crippen LogP contribution is -2.36. The number of nitrogens with one attached hydrogen (secondary N) is 2. The zero-order valence-electron chi connectivity index (χ0n) is 9.34. The zero-order chi connectivity index (χ0) is 12.7. The smallest absolute Gasteiger partial charge is 0.210 e. The van der Waals surface area contributed by atoms with Crippen LogP contribution >= 0.6 is 11.6 Å². The van der Waals surface area contributed by atoms with Crippen molar-refractivity contribution in [2.24, 2.45) is 10.8 Å². The molecule has 0 spiro atoms. The topological polar surface area (TPSA) is 71.7 Å². The molecule has 0 aliphatic carbocycles. The first-order chi connectivity index (χ1) is 8.17. The van der Waals surface area contributed by atoms with Crippen LogP contribution in [-0.4, -0.2) is 26.2 Å². The lowest BCUT2D eigenvalue weighted by atomic mass is 10.3. The van der Waals surface area contributed by atoms with Gasteiger partial charge in [-0.2, -0.15) is 0 Å². The van der Waals surface area contributed by atoms with Gasteiger partial charge in [0.05, 0.1) is 18.8 Å². The largest absolute Gasteiger partial charge is 0.383 e. The van der Waals surface area contributed by atoms with Crippen molar-refractivity contribution in [2.45, 2.75) is 0 Å². The maximum atomic E-state index is 13.4. The van der Waals surface area contributed by atoms with Crippen LogP contribution in [0, 0.1) is 5.82 Å². The van der Waals surface area contributed by atoms with Crippen molar-refractivity contribution in [3.05, 3.63) is 29.0 Å². The van der Waals surface area contributed by atoms with Gasteiger partial charge in [0.1, 0.15) is 5.82 Å². The first kappa shape index (κ1) is 13.7. The Labute approximate surface area is 104 Å². The Kier molecular flexibility index (Phi) is 5.68. The van der Waals surface area contributed by atoms with E-state index in [-0.39, 0.29) is 11.6 Å². The van der Waals surface area contributed by atoms with Gasteiger partial charge in [0, 0.05) is 12.1 Å². The van der Waals surface area contributed by atoms with E-state index in [1.807, 2.05) is 0 Å². The van der Waals surface area contributed by atoms with Crippen molar-refractivity contribution >= 4 is 23.2 Å². The Hall–Kier alpha value is -1.37. The molecule has 7 heteroatoms. The van der Waals surface area contributed by atoms with Gasteiger partial charge >= 0.3 is 0 Å². The second-order valence-corrected chi connectivity index (χ2v) is 3.55. The van der Waals surface area contributed by atoms with Gasteiger partial charge in [0.2, 0.25) is 5.96 Å². The molecule has 4 N–H and O–H groups in total. The number of nitrogens with two attached hydrogens (primary N) is 1. The van der Waals surface area contributed by atoms with Gasteiger partial charge in [-0.15, -0.1) is 0 Å². The van der Waals surface area contributed by atoms with E-state index in [1.165, 1.54) is 12.1 Å². The number of ether oxygens (including phenoxy) is 1. The van der Waals surface area contributed by atoms with E-state index < -0.39 is 5.82 Å². The van der Waals surface area contributed by atoms with Gasteiger partial charge in [-0.25, -0.2) is 15.2 Å². The molecular weight excluding hydrogens is 247 g/mol. The maximum absolute atomic E-state index is 13.4. The van der Waals surface area contributed by atoms with Gasteiger partial charge in [0.15, 0.2) is 0 Å². The summed E-state index contributed by atoms with van der Waals surface area (Å²) < 4.78 is 18.3. The van der Waals surface area contributed by atoms with E-state index in [4.69, 9.17) is 22.2 Å². The SMILES string of the molecule is COCCN=C(NN)Nc1ccc(Cl)cc1F. The molecule has 94 valence electrons. The van der Waals surface area contributed by atoms with Gasteiger partial charge in [-0.3, -0.25) is 5.43 Å². The number of rotatable bonds is 4. The van der Waals surface area contributed by atoms with E-state index in [9.17, 15) is 4.39 Å². The Bertz CT molecular complexity index is 400. The third kappa shape index (κ3) is 4.56. The highest BCUT2D eigenvalue weighted by Gasteiger charge is 2.04. The van der Waals surface area contributed by atoms with E-state index in [1.54, 1.807) is 13.2 Å². The van der Waals surface area contributed by atoms with Crippen LogP contribution in [0.5, 0.6) is 0 Å². The number of hydrazine groups is 1. The van der Waals surface area contributed by atoms with Crippen LogP contribution in [0.15, 0.2) is 23.2 Å². The van der Waals surface area contributed by atoms with Crippen LogP contribution in [0.25, 0.3) is 0 Å². The first-order valence-electron chi connectivity index (χ1n) is 4.89. The monoisotopic (exact) mass is 260 g/mol. The van der Waals surface area contributed by atoms with Crippen molar-refractivity contribution in [2.75, 3.05) is 25.6 Å². The summed E-state index contributed by atoms with van der Waals surface area (Å²) in [6, 6.07) is 4.27. The molecule has 0 aliphatic heterocycles. The van der Waals surface area contributed by atoms with Gasteiger partial charge < -0.3 is 10.1 Å². The zero-order valence-corrected chi connectivity index (χ0v) is 10.1. The van der Waals surface area contributed by atoms with Crippen LogP contribution in [0.2, 0.25) is 5.02 Å². The summed E-state index contributed by atoms with van der Waals surface area (Å²) in [5.74, 6) is 5.02. The lowest BCUT2D eigenvalue weighted by molar-refractivity contribution is 0.208. The average Bonchev–Trinajstić information content (AvgIpc) is 2.31. The fourth-order valence-corrected chi connectivity index (χ4v) is 1.25. The molecule has 0 atom stereocenters. The fraction of sp³-hybridized carbons (Fsp3) is 0.300. The number of aliphatic imine (C=N–C) groups is 1. The van der Waals surface area contributed by atoms with Crippen LogP contribution in [-0.2, 0) is 4.74 Å². The molecule has 0 radical (unpaired) electrons. The van der Waals surface area contributed by atoms with Gasteiger partial charge in [-0.05, 0) is 18.2 Å². The number of hydrogen-bond donors (Lipinski definition) is 3. The summed E-state index contributed by atoms with van der Waals surface area (Å²) in [6.07, 6.45) is 0. The number of hydrogen-bond acceptors (Lipinski definition) is 3. The molecule has 0 saturated carbocycles. The van der Waals surface area contributed by atoms with Crippen molar-refractivity contribution in [1.82, 2.24) is 5.43 Å². The quantitative estimate of drug-likeness (QED) is 0.251. The summed E-state index contributed by atoms with van der Waals surface area (Å²) >= 11 is 5.63. The molecular formula is C10H14ClFN4O. The molecule has 1 aromatic carbocycles. The third-order valence-corrected chi connectivity index (χ3v) is 2.12. The van der Waals surface area contributed by atoms with Crippen molar-refractivity contribution in [3.8, 4) is 0 Å². The van der Waals surface area contributed by atoms with E-state index >= 15 is 0 Å². The van der Waals surface area contributed by atoms with Crippen LogP contribution in [0.4, 0.5) is 10.1 Å². The number of methoxy groups -OCH3 is 1. The first-order valence-corrected chi connectivity index (χ1v) is 5.27. The Morgan fingerprint density at radius 2 is 2.35 bits per heavy atom. The highest BCUT2D eigenvalue weighted by atomic mass is 35.5. The van der Waals surface area contributed by atoms with Gasteiger partial charge in [0.25, 0.3) is 0 Å². The molecule has 0 fully saturated rings. The molecule has 0 saturated heterocycles. The van der Waals surface area contributed by atoms with E-state index in [0.29, 0.717) is 18.2 Å². The number of guanidine groups is 1. The summed E-state index contributed by atoms with van der Waals surface area (Å²) in [5, 5.41) is 3.03. The van der Waals surface area contributed by atoms with Crippen LogP contribution in [0.3, 0.4) is 0 Å². The number of benzene rings is 1. The normalized spacial score (nSPS) is 11.4. The molecule has 1 aromatic rings. The fourth-order valence-electron chi connectivity index (χ4n) is 1.09. The number of nitrogens with zero attached hydrogens (tertiary/aromatic N) is 1. The number of anilines is 1. The summed E-state index contributed by atoms with van der Waals surface area (Å²) in [4.78, 5) is 4.04. The summed E-state index contributed by atoms with van der Waals surface area (Å²) in [7, 11) is 1.57. The minimum atomic E-state index is -0.479. The van der Waals surface area contributed by atoms with E-state index in [2.05, 4.69) is 15.7 Å². The van der Waals surface area contributed by atoms with Crippen molar-refractivity contribution < 1.29 is 9.13 Å². The van der Waals surface area contributed by atoms with Gasteiger partial charge in [-0.1, -0.05) is 11.6 Å². The summed E-state index contributed by atoms with van der Waals surface area (Å²) in [5.41, 5.74) is 2.57. The molecule has 0 bridgehead atoms. The molecule has 0 amide bonds. The predicted octanol–water partition coefficient (Wildman–Crippen LogP) is 1.36. The molecule has 0 heterocycles. The van der Waals surface area contributed by atoms with Crippen LogP contribution in [0.1, 0.15) is 0 Å². The highest BCUT2D eigenvalue weighted by molar-refractivity contribution is 6.30. The molecule has 0 unspecified atom stereocenters. The predicted molar refractivity (Wildman–Crippen MR) is 66.5 cm³/mol. The van der Waals surface area contributed by atoms with Crippen molar-refractivity contribution in [3.63, 3.8) is 0 Å². The maximum Gasteiger partial charge on any atom is 0.210 e. The Morgan fingerprint density at radius 1 is 1.59 bits per heavy atom. The standard InChI is InChI=1S/C10H14ClFN4O/c1-17-5-4-14-10(16-13)15-9-3-2-7(11)6-8(9)12/h2-3,6H,4-5,13H2,1H3,(H2,14,15,16). The molecule has 5 nitrogen and oxygen atoms in total. The highest BCUT2D eigenvalue weighted by Crippen LogP contribution is 2.18. The lowest BCUT2D eigenvalue weighted by Gasteiger charge is -2.10. The average molecular weight is 261 g/mol. The molecule has 0 aliphatic rings. The molecule has 17 heavy (non-hydrogen) atoms. The Balaban J connectivity index is 2.70. The summed E-state index contributed by atoms with van der Waals surface area (Å²) in [6.45, 7) is 0.869. The Morgan fingerprint density at radius 3 is 2.94 bits per heavy atom. The molecule has 0 aromatic heterocycles. The second-order valence-electron chi connectivity index (χ2n) is 3.12. The second kappa shape index (κ2) is 7.05. The van der Waals surface area contributed by atoms with E-state index in [0.717, 1.165) is 0 Å². The van der Waals surface area contributed by atoms with Crippen LogP contribution < -0.4 is 16.6 Å².